The molecule has 134 valence electrons. The summed E-state index contributed by atoms with van der Waals surface area (Å²) in [7, 11) is 0. The van der Waals surface area contributed by atoms with Crippen LogP contribution < -0.4 is 15.4 Å². The van der Waals surface area contributed by atoms with Gasteiger partial charge in [0.2, 0.25) is 0 Å². The third-order valence-corrected chi connectivity index (χ3v) is 3.79. The standard InChI is InChI=1S/C17H21N3O5/c21-16(12-25-15-8-6-14(7-9-15)20(23)24)19-17(22)18-11-10-13-4-2-1-3-5-13/h4,6-9H,1-3,5,10-12H2,(H2,18,19,21,22). The minimum Gasteiger partial charge on any atom is -0.484 e. The van der Waals surface area contributed by atoms with Crippen molar-refractivity contribution in [1.29, 1.82) is 0 Å². The van der Waals surface area contributed by atoms with Crippen LogP contribution in [0.3, 0.4) is 0 Å². The number of carbonyl (C=O) groups is 2. The van der Waals surface area contributed by atoms with Crippen molar-refractivity contribution in [2.24, 2.45) is 0 Å². The number of nitro benzene ring substituents is 1. The zero-order valence-electron chi connectivity index (χ0n) is 13.8. The van der Waals surface area contributed by atoms with E-state index in [-0.39, 0.29) is 12.3 Å². The molecule has 0 aromatic heterocycles. The molecule has 25 heavy (non-hydrogen) atoms. The Kier molecular flexibility index (Phi) is 6.94. The minimum absolute atomic E-state index is 0.0655. The molecule has 1 aromatic carbocycles. The molecule has 2 N–H and O–H groups in total. The molecule has 0 bridgehead atoms. The van der Waals surface area contributed by atoms with Crippen LogP contribution >= 0.6 is 0 Å². The molecule has 2 rings (SSSR count). The van der Waals surface area contributed by atoms with E-state index in [4.69, 9.17) is 4.74 Å². The smallest absolute Gasteiger partial charge is 0.321 e. The van der Waals surface area contributed by atoms with Crippen LogP contribution in [0.15, 0.2) is 35.9 Å². The second kappa shape index (κ2) is 9.41. The monoisotopic (exact) mass is 347 g/mol. The van der Waals surface area contributed by atoms with Crippen LogP contribution in [0.2, 0.25) is 0 Å². The summed E-state index contributed by atoms with van der Waals surface area (Å²) >= 11 is 0. The Morgan fingerprint density at radius 3 is 2.60 bits per heavy atom. The van der Waals surface area contributed by atoms with E-state index in [1.54, 1.807) is 0 Å². The Hall–Kier alpha value is -2.90. The normalized spacial score (nSPS) is 13.5. The van der Waals surface area contributed by atoms with E-state index in [2.05, 4.69) is 16.7 Å². The van der Waals surface area contributed by atoms with Crippen molar-refractivity contribution < 1.29 is 19.2 Å². The number of hydrogen-bond donors (Lipinski definition) is 2. The molecule has 0 heterocycles. The number of non-ortho nitro benzene ring substituents is 1. The average Bonchev–Trinajstić information content (AvgIpc) is 2.61. The molecule has 3 amide bonds. The molecule has 0 saturated heterocycles. The van der Waals surface area contributed by atoms with Crippen molar-refractivity contribution in [2.75, 3.05) is 13.2 Å². The predicted octanol–water partition coefficient (Wildman–Crippen LogP) is 2.69. The van der Waals surface area contributed by atoms with Crippen LogP contribution in [0.1, 0.15) is 32.1 Å². The summed E-state index contributed by atoms with van der Waals surface area (Å²) in [4.78, 5) is 33.3. The van der Waals surface area contributed by atoms with E-state index in [1.807, 2.05) is 0 Å². The molecule has 0 unspecified atom stereocenters. The van der Waals surface area contributed by atoms with Crippen molar-refractivity contribution in [1.82, 2.24) is 10.6 Å². The highest BCUT2D eigenvalue weighted by molar-refractivity contribution is 5.94. The first-order valence-corrected chi connectivity index (χ1v) is 8.17. The number of hydrogen-bond acceptors (Lipinski definition) is 5. The van der Waals surface area contributed by atoms with Gasteiger partial charge in [-0.2, -0.15) is 0 Å². The highest BCUT2D eigenvalue weighted by Gasteiger charge is 2.10. The number of nitro groups is 1. The first-order chi connectivity index (χ1) is 12.0. The van der Waals surface area contributed by atoms with E-state index in [1.165, 1.54) is 42.7 Å². The molecule has 0 spiro atoms. The Bertz CT molecular complexity index is 655. The van der Waals surface area contributed by atoms with E-state index >= 15 is 0 Å². The Morgan fingerprint density at radius 1 is 1.20 bits per heavy atom. The van der Waals surface area contributed by atoms with E-state index in [0.29, 0.717) is 12.3 Å². The third-order valence-electron chi connectivity index (χ3n) is 3.79. The highest BCUT2D eigenvalue weighted by atomic mass is 16.6. The van der Waals surface area contributed by atoms with Gasteiger partial charge in [0.1, 0.15) is 5.75 Å². The van der Waals surface area contributed by atoms with Crippen molar-refractivity contribution in [3.05, 3.63) is 46.0 Å². The van der Waals surface area contributed by atoms with Gasteiger partial charge in [-0.15, -0.1) is 0 Å². The first kappa shape index (κ1) is 18.4. The fourth-order valence-electron chi connectivity index (χ4n) is 2.49. The highest BCUT2D eigenvalue weighted by Crippen LogP contribution is 2.19. The van der Waals surface area contributed by atoms with Gasteiger partial charge in [0.25, 0.3) is 11.6 Å². The van der Waals surface area contributed by atoms with Crippen LogP contribution in [0, 0.1) is 10.1 Å². The number of urea groups is 1. The lowest BCUT2D eigenvalue weighted by atomic mass is 9.97. The number of nitrogens with one attached hydrogen (secondary N) is 2. The van der Waals surface area contributed by atoms with E-state index in [0.717, 1.165) is 19.3 Å². The number of nitrogens with zero attached hydrogens (tertiary/aromatic N) is 1. The Labute approximate surface area is 145 Å². The lowest BCUT2D eigenvalue weighted by Gasteiger charge is -2.13. The Balaban J connectivity index is 1.64. The second-order valence-corrected chi connectivity index (χ2v) is 5.70. The molecule has 8 nitrogen and oxygen atoms in total. The number of ether oxygens (including phenoxy) is 1. The zero-order valence-corrected chi connectivity index (χ0v) is 13.8. The molecule has 0 atom stereocenters. The molecule has 1 aromatic rings. The maximum absolute atomic E-state index is 11.7. The van der Waals surface area contributed by atoms with Gasteiger partial charge in [-0.05, 0) is 44.2 Å². The van der Waals surface area contributed by atoms with Gasteiger partial charge in [0, 0.05) is 18.7 Å². The predicted molar refractivity (Wildman–Crippen MR) is 91.3 cm³/mol. The van der Waals surface area contributed by atoms with Crippen LogP contribution in [-0.2, 0) is 4.79 Å². The number of carbonyl (C=O) groups excluding carboxylic acids is 2. The van der Waals surface area contributed by atoms with Gasteiger partial charge in [0.05, 0.1) is 4.92 Å². The van der Waals surface area contributed by atoms with Gasteiger partial charge < -0.3 is 10.1 Å². The molecule has 0 fully saturated rings. The minimum atomic E-state index is -0.590. The average molecular weight is 347 g/mol. The summed E-state index contributed by atoms with van der Waals surface area (Å²) in [5.41, 5.74) is 1.28. The Morgan fingerprint density at radius 2 is 1.96 bits per heavy atom. The van der Waals surface area contributed by atoms with Crippen molar-refractivity contribution in [2.45, 2.75) is 32.1 Å². The summed E-state index contributed by atoms with van der Waals surface area (Å²) in [6.45, 7) is 0.130. The molecular formula is C17H21N3O5. The fourth-order valence-corrected chi connectivity index (χ4v) is 2.49. The van der Waals surface area contributed by atoms with Gasteiger partial charge >= 0.3 is 6.03 Å². The molecule has 0 saturated carbocycles. The van der Waals surface area contributed by atoms with Crippen LogP contribution in [-0.4, -0.2) is 30.0 Å². The van der Waals surface area contributed by atoms with Crippen molar-refractivity contribution in [3.63, 3.8) is 0 Å². The van der Waals surface area contributed by atoms with E-state index in [9.17, 15) is 19.7 Å². The fraction of sp³-hybridized carbons (Fsp3) is 0.412. The summed E-state index contributed by atoms with van der Waals surface area (Å²) in [6, 6.07) is 4.78. The van der Waals surface area contributed by atoms with Gasteiger partial charge in [-0.3, -0.25) is 20.2 Å². The van der Waals surface area contributed by atoms with Gasteiger partial charge in [-0.1, -0.05) is 11.6 Å². The maximum atomic E-state index is 11.7. The molecule has 1 aliphatic carbocycles. The van der Waals surface area contributed by atoms with Crippen LogP contribution in [0.5, 0.6) is 5.75 Å². The van der Waals surface area contributed by atoms with Crippen molar-refractivity contribution >= 4 is 17.6 Å². The largest absolute Gasteiger partial charge is 0.484 e. The number of rotatable bonds is 7. The molecule has 8 heteroatoms. The lowest BCUT2D eigenvalue weighted by Crippen LogP contribution is -2.42. The van der Waals surface area contributed by atoms with Crippen LogP contribution in [0.4, 0.5) is 10.5 Å². The quantitative estimate of drug-likeness (QED) is 0.447. The summed E-state index contributed by atoms with van der Waals surface area (Å²) in [5, 5.41) is 15.4. The molecule has 1 aliphatic rings. The summed E-state index contributed by atoms with van der Waals surface area (Å²) in [5.74, 6) is -0.280. The molecular weight excluding hydrogens is 326 g/mol. The second-order valence-electron chi connectivity index (χ2n) is 5.70. The topological polar surface area (TPSA) is 111 Å². The SMILES string of the molecule is O=C(COc1ccc([N+](=O)[O-])cc1)NC(=O)NCCC1=CCCCC1. The van der Waals surface area contributed by atoms with Crippen molar-refractivity contribution in [3.8, 4) is 5.75 Å². The van der Waals surface area contributed by atoms with Gasteiger partial charge in [-0.25, -0.2) is 4.79 Å². The third kappa shape index (κ3) is 6.62. The number of amides is 3. The zero-order chi connectivity index (χ0) is 18.1. The number of allylic oxidation sites excluding steroid dienone is 1. The van der Waals surface area contributed by atoms with Gasteiger partial charge in [0.15, 0.2) is 6.61 Å². The van der Waals surface area contributed by atoms with Crippen LogP contribution in [0.25, 0.3) is 0 Å². The summed E-state index contributed by atoms with van der Waals surface area (Å²) < 4.78 is 5.18. The molecule has 0 radical (unpaired) electrons. The summed E-state index contributed by atoms with van der Waals surface area (Å²) in [6.07, 6.45) is 7.59. The first-order valence-electron chi connectivity index (χ1n) is 8.17. The maximum Gasteiger partial charge on any atom is 0.321 e. The molecule has 0 aliphatic heterocycles. The lowest BCUT2D eigenvalue weighted by molar-refractivity contribution is -0.384. The van der Waals surface area contributed by atoms with E-state index < -0.39 is 16.9 Å². The number of imide groups is 1. The number of benzene rings is 1.